The van der Waals surface area contributed by atoms with Gasteiger partial charge in [0, 0.05) is 12.0 Å². The Kier molecular flexibility index (Phi) is 5.25. The number of rotatable bonds is 4. The second kappa shape index (κ2) is 7.15. The Balaban J connectivity index is 0.00000196. The van der Waals surface area contributed by atoms with Crippen LogP contribution >= 0.6 is 0 Å². The molecular formula is C18H17N2NaO5. The van der Waals surface area contributed by atoms with Crippen LogP contribution in [-0.4, -0.2) is 45.8 Å². The number of amides is 1. The van der Waals surface area contributed by atoms with E-state index in [0.29, 0.717) is 18.4 Å². The number of fused-ring (bicyclic) bond motifs is 1. The van der Waals surface area contributed by atoms with Crippen LogP contribution in [0.2, 0.25) is 0 Å². The van der Waals surface area contributed by atoms with Crippen molar-refractivity contribution in [2.45, 2.75) is 38.0 Å². The van der Waals surface area contributed by atoms with Gasteiger partial charge < -0.3 is 24.7 Å². The predicted molar refractivity (Wildman–Crippen MR) is 84.9 cm³/mol. The molecule has 26 heavy (non-hydrogen) atoms. The number of aliphatic hydroxyl groups excluding tert-OH is 1. The molecule has 130 valence electrons. The monoisotopic (exact) mass is 364 g/mol. The fraction of sp³-hybridized carbons (Fsp3) is 0.389. The Morgan fingerprint density at radius 1 is 1.35 bits per heavy atom. The fourth-order valence-electron chi connectivity index (χ4n) is 3.94. The molecule has 8 heteroatoms. The van der Waals surface area contributed by atoms with Gasteiger partial charge in [0.2, 0.25) is 5.91 Å². The Labute approximate surface area is 172 Å². The maximum atomic E-state index is 12.2. The molecule has 0 radical (unpaired) electrons. The normalized spacial score (nSPS) is 27.9. The zero-order valence-electron chi connectivity index (χ0n) is 14.6. The number of aliphatic carboxylic acids is 1. The summed E-state index contributed by atoms with van der Waals surface area (Å²) in [6.07, 6.45) is -0.565. The summed E-state index contributed by atoms with van der Waals surface area (Å²) in [4.78, 5) is 30.5. The van der Waals surface area contributed by atoms with Crippen molar-refractivity contribution in [1.82, 2.24) is 4.90 Å². The molecule has 1 N–H and O–H groups in total. The van der Waals surface area contributed by atoms with E-state index in [9.17, 15) is 19.8 Å². The van der Waals surface area contributed by atoms with Crippen LogP contribution in [0.5, 0.6) is 0 Å². The summed E-state index contributed by atoms with van der Waals surface area (Å²) in [5.74, 6) is -2.36. The minimum absolute atomic E-state index is 0. The van der Waals surface area contributed by atoms with Gasteiger partial charge in [-0.15, -0.1) is 0 Å². The molecule has 0 unspecified atom stereocenters. The van der Waals surface area contributed by atoms with E-state index in [-0.39, 0.29) is 47.2 Å². The molecule has 0 spiro atoms. The van der Waals surface area contributed by atoms with Crippen molar-refractivity contribution in [3.05, 3.63) is 47.2 Å². The molecule has 3 heterocycles. The van der Waals surface area contributed by atoms with Crippen molar-refractivity contribution < 1.29 is 54.2 Å². The summed E-state index contributed by atoms with van der Waals surface area (Å²) >= 11 is 0. The molecule has 7 nitrogen and oxygen atoms in total. The Bertz CT molecular complexity index is 805. The summed E-state index contributed by atoms with van der Waals surface area (Å²) in [6.45, 7) is 1.54. The number of carboxylic acid groups (broad SMARTS) is 1. The molecule has 0 saturated carbocycles. The van der Waals surface area contributed by atoms with Gasteiger partial charge in [-0.3, -0.25) is 4.79 Å². The molecule has 1 aromatic carbocycles. The minimum atomic E-state index is -1.40. The van der Waals surface area contributed by atoms with E-state index in [1.54, 1.807) is 6.92 Å². The van der Waals surface area contributed by atoms with Crippen LogP contribution in [0.15, 0.2) is 46.8 Å². The molecule has 0 aromatic heterocycles. The molecule has 3 aliphatic heterocycles. The van der Waals surface area contributed by atoms with E-state index in [4.69, 9.17) is 4.84 Å². The number of aliphatic hydroxyl groups is 1. The van der Waals surface area contributed by atoms with Crippen molar-refractivity contribution in [2.75, 3.05) is 0 Å². The summed E-state index contributed by atoms with van der Waals surface area (Å²) in [5, 5.41) is 25.5. The molecule has 4 rings (SSSR count). The van der Waals surface area contributed by atoms with E-state index in [1.807, 2.05) is 30.3 Å². The SMILES string of the molecule is C[C@@H](O)[C@H]1C(=O)N2C(C(=O)[O-])=C([C@@H]3CC(c4ccccc4)=NO3)C[C@H]12.[Na+]. The minimum Gasteiger partial charge on any atom is -0.543 e. The fourth-order valence-corrected chi connectivity index (χ4v) is 3.94. The van der Waals surface area contributed by atoms with Crippen molar-refractivity contribution in [1.29, 1.82) is 0 Å². The molecular weight excluding hydrogens is 347 g/mol. The van der Waals surface area contributed by atoms with Crippen molar-refractivity contribution in [3.63, 3.8) is 0 Å². The average Bonchev–Trinajstić information content (AvgIpc) is 3.17. The van der Waals surface area contributed by atoms with Gasteiger partial charge in [-0.2, -0.15) is 0 Å². The van der Waals surface area contributed by atoms with Gasteiger partial charge in [0.05, 0.1) is 35.4 Å². The number of hydrogen-bond donors (Lipinski definition) is 1. The van der Waals surface area contributed by atoms with Gasteiger partial charge in [0.25, 0.3) is 0 Å². The van der Waals surface area contributed by atoms with Crippen LogP contribution in [0.4, 0.5) is 0 Å². The molecule has 1 saturated heterocycles. The van der Waals surface area contributed by atoms with Crippen LogP contribution < -0.4 is 34.7 Å². The van der Waals surface area contributed by atoms with Crippen LogP contribution in [0.3, 0.4) is 0 Å². The number of nitrogens with zero attached hydrogens (tertiary/aromatic N) is 2. The number of β-lactam (4-membered cyclic amide) rings is 1. The Morgan fingerprint density at radius 3 is 2.65 bits per heavy atom. The maximum absolute atomic E-state index is 12.2. The van der Waals surface area contributed by atoms with Gasteiger partial charge >= 0.3 is 29.6 Å². The standard InChI is InChI=1S/C18H18N2O5.Na/c1-9(21)15-13-7-11(16(18(23)24)20(13)17(15)22)14-8-12(19-25-14)10-5-3-2-4-6-10;/h2-6,9,13-15,21H,7-8H2,1H3,(H,23,24);/q;+1/p-1/t9-,13-,14+,15-;/m1./s1. The van der Waals surface area contributed by atoms with Crippen molar-refractivity contribution in [2.24, 2.45) is 11.1 Å². The van der Waals surface area contributed by atoms with Gasteiger partial charge in [-0.25, -0.2) is 0 Å². The summed E-state index contributed by atoms with van der Waals surface area (Å²) < 4.78 is 0. The third kappa shape index (κ3) is 2.89. The van der Waals surface area contributed by atoms with Crippen molar-refractivity contribution in [3.8, 4) is 0 Å². The van der Waals surface area contributed by atoms with Gasteiger partial charge in [-0.05, 0) is 18.9 Å². The zero-order chi connectivity index (χ0) is 17.7. The van der Waals surface area contributed by atoms with E-state index < -0.39 is 24.1 Å². The largest absolute Gasteiger partial charge is 1.00 e. The van der Waals surface area contributed by atoms with E-state index in [0.717, 1.165) is 11.3 Å². The number of hydrogen-bond acceptors (Lipinski definition) is 6. The first-order chi connectivity index (χ1) is 12.0. The molecule has 0 aliphatic carbocycles. The first kappa shape index (κ1) is 19.1. The van der Waals surface area contributed by atoms with E-state index in [1.165, 1.54) is 4.90 Å². The van der Waals surface area contributed by atoms with Crippen LogP contribution in [0, 0.1) is 5.92 Å². The van der Waals surface area contributed by atoms with E-state index >= 15 is 0 Å². The summed E-state index contributed by atoms with van der Waals surface area (Å²) in [6, 6.07) is 9.16. The number of carbonyl (C=O) groups excluding carboxylic acids is 2. The van der Waals surface area contributed by atoms with Crippen LogP contribution in [0.1, 0.15) is 25.3 Å². The molecule has 0 bridgehead atoms. The number of carboxylic acids is 1. The molecule has 1 aromatic rings. The maximum Gasteiger partial charge on any atom is 1.00 e. The predicted octanol–water partition coefficient (Wildman–Crippen LogP) is -3.20. The van der Waals surface area contributed by atoms with Gasteiger partial charge in [0.15, 0.2) is 6.10 Å². The quantitative estimate of drug-likeness (QED) is 0.448. The number of oxime groups is 1. The van der Waals surface area contributed by atoms with Crippen molar-refractivity contribution >= 4 is 17.6 Å². The second-order valence-electron chi connectivity index (χ2n) is 6.61. The van der Waals surface area contributed by atoms with Crippen LogP contribution in [0.25, 0.3) is 0 Å². The Morgan fingerprint density at radius 2 is 2.04 bits per heavy atom. The zero-order valence-corrected chi connectivity index (χ0v) is 16.6. The number of carbonyl (C=O) groups is 2. The Hall–Kier alpha value is -1.67. The summed E-state index contributed by atoms with van der Waals surface area (Å²) in [5.41, 5.74) is 2.04. The molecule has 1 fully saturated rings. The third-order valence-corrected chi connectivity index (χ3v) is 5.12. The second-order valence-corrected chi connectivity index (χ2v) is 6.61. The van der Waals surface area contributed by atoms with E-state index in [2.05, 4.69) is 5.16 Å². The average molecular weight is 364 g/mol. The third-order valence-electron chi connectivity index (χ3n) is 5.12. The molecule has 4 atom stereocenters. The topological polar surface area (TPSA) is 102 Å². The first-order valence-corrected chi connectivity index (χ1v) is 8.22. The van der Waals surface area contributed by atoms with Gasteiger partial charge in [0.1, 0.15) is 0 Å². The first-order valence-electron chi connectivity index (χ1n) is 8.22. The molecule has 1 amide bonds. The summed E-state index contributed by atoms with van der Waals surface area (Å²) in [7, 11) is 0. The van der Waals surface area contributed by atoms with Crippen LogP contribution in [-0.2, 0) is 14.4 Å². The molecule has 3 aliphatic rings. The van der Waals surface area contributed by atoms with Gasteiger partial charge in [-0.1, -0.05) is 35.5 Å². The number of benzene rings is 1. The smallest absolute Gasteiger partial charge is 0.543 e.